The maximum atomic E-state index is 12.1. The monoisotopic (exact) mass is 346 g/mol. The van der Waals surface area contributed by atoms with Crippen LogP contribution in [0.1, 0.15) is 31.2 Å². The van der Waals surface area contributed by atoms with Crippen molar-refractivity contribution in [3.05, 3.63) is 41.7 Å². The van der Waals surface area contributed by atoms with Gasteiger partial charge in [-0.3, -0.25) is 9.63 Å². The molecule has 128 valence electrons. The molecule has 24 heavy (non-hydrogen) atoms. The fourth-order valence-corrected chi connectivity index (χ4v) is 3.53. The Morgan fingerprint density at radius 2 is 2.25 bits per heavy atom. The first kappa shape index (κ1) is 16.9. The van der Waals surface area contributed by atoms with Crippen molar-refractivity contribution >= 4 is 22.6 Å². The zero-order valence-corrected chi connectivity index (χ0v) is 14.6. The molecule has 1 N–H and O–H groups in total. The number of aromatic nitrogens is 2. The summed E-state index contributed by atoms with van der Waals surface area (Å²) >= 11 is 1.41. The van der Waals surface area contributed by atoms with Crippen LogP contribution in [-0.4, -0.2) is 35.0 Å². The summed E-state index contributed by atoms with van der Waals surface area (Å²) in [6, 6.07) is 10.2. The van der Waals surface area contributed by atoms with Crippen molar-refractivity contribution in [3.8, 4) is 0 Å². The first-order valence-corrected chi connectivity index (χ1v) is 9.06. The molecule has 1 aliphatic rings. The van der Waals surface area contributed by atoms with Crippen LogP contribution < -0.4 is 10.4 Å². The van der Waals surface area contributed by atoms with Gasteiger partial charge in [-0.2, -0.15) is 4.37 Å². The Hall–Kier alpha value is -1.99. The molecule has 1 aromatic carbocycles. The zero-order chi connectivity index (χ0) is 16.8. The average Bonchev–Trinajstić information content (AvgIpc) is 3.09. The summed E-state index contributed by atoms with van der Waals surface area (Å²) in [6.07, 6.45) is 2.59. The third-order valence-corrected chi connectivity index (χ3v) is 4.86. The first-order chi connectivity index (χ1) is 11.8. The number of hydrogen-bond acceptors (Lipinski definition) is 6. The highest BCUT2D eigenvalue weighted by Gasteiger charge is 2.27. The lowest BCUT2D eigenvalue weighted by molar-refractivity contribution is -0.137. The molecule has 1 saturated heterocycles. The van der Waals surface area contributed by atoms with E-state index in [0.29, 0.717) is 13.2 Å². The highest BCUT2D eigenvalue weighted by Crippen LogP contribution is 2.25. The second-order valence-electron chi connectivity index (χ2n) is 5.84. The Morgan fingerprint density at radius 3 is 3.04 bits per heavy atom. The minimum Gasteiger partial charge on any atom is -0.346 e. The van der Waals surface area contributed by atoms with E-state index in [1.165, 1.54) is 17.1 Å². The molecule has 0 saturated carbocycles. The molecule has 1 fully saturated rings. The van der Waals surface area contributed by atoms with Gasteiger partial charge in [-0.05, 0) is 25.3 Å². The van der Waals surface area contributed by atoms with E-state index in [0.717, 1.165) is 36.8 Å². The zero-order valence-electron chi connectivity index (χ0n) is 13.8. The molecule has 1 atom stereocenters. The van der Waals surface area contributed by atoms with E-state index >= 15 is 0 Å². The molecule has 2 heterocycles. The van der Waals surface area contributed by atoms with Gasteiger partial charge in [0.2, 0.25) is 11.0 Å². The number of hydrogen-bond donors (Lipinski definition) is 1. The summed E-state index contributed by atoms with van der Waals surface area (Å²) in [6.45, 7) is 3.90. The van der Waals surface area contributed by atoms with E-state index in [1.807, 2.05) is 25.1 Å². The molecule has 1 aliphatic heterocycles. The van der Waals surface area contributed by atoms with Gasteiger partial charge in [-0.15, -0.1) is 0 Å². The second kappa shape index (κ2) is 8.21. The van der Waals surface area contributed by atoms with Crippen molar-refractivity contribution in [3.63, 3.8) is 0 Å². The van der Waals surface area contributed by atoms with E-state index < -0.39 is 0 Å². The molecule has 1 aromatic heterocycles. The third kappa shape index (κ3) is 4.30. The van der Waals surface area contributed by atoms with Crippen molar-refractivity contribution in [1.29, 1.82) is 0 Å². The lowest BCUT2D eigenvalue weighted by atomic mass is 9.98. The van der Waals surface area contributed by atoms with E-state index in [-0.39, 0.29) is 11.8 Å². The third-order valence-electron chi connectivity index (χ3n) is 4.04. The molecule has 0 bridgehead atoms. The molecule has 6 nitrogen and oxygen atoms in total. The van der Waals surface area contributed by atoms with Gasteiger partial charge in [0.1, 0.15) is 5.82 Å². The molecular formula is C17H22N4O2S. The Kier molecular flexibility index (Phi) is 5.77. The minimum absolute atomic E-state index is 0.0458. The summed E-state index contributed by atoms with van der Waals surface area (Å²) in [4.78, 5) is 23.9. The number of carbonyl (C=O) groups is 1. The van der Waals surface area contributed by atoms with Crippen LogP contribution in [0.4, 0.5) is 5.13 Å². The number of anilines is 1. The van der Waals surface area contributed by atoms with Gasteiger partial charge in [0.05, 0.1) is 12.5 Å². The van der Waals surface area contributed by atoms with E-state index in [1.54, 1.807) is 0 Å². The van der Waals surface area contributed by atoms with Crippen molar-refractivity contribution in [2.75, 3.05) is 24.6 Å². The number of nitrogens with zero attached hydrogens (tertiary/aromatic N) is 3. The van der Waals surface area contributed by atoms with E-state index in [4.69, 9.17) is 4.84 Å². The Bertz CT molecular complexity index is 662. The van der Waals surface area contributed by atoms with Crippen LogP contribution >= 0.6 is 11.5 Å². The fraction of sp³-hybridized carbons (Fsp3) is 0.471. The second-order valence-corrected chi connectivity index (χ2v) is 6.57. The summed E-state index contributed by atoms with van der Waals surface area (Å²) in [5.74, 6) is 0.726. The smallest absolute Gasteiger partial charge is 0.248 e. The summed E-state index contributed by atoms with van der Waals surface area (Å²) in [7, 11) is 0. The van der Waals surface area contributed by atoms with Crippen LogP contribution in [0.15, 0.2) is 30.3 Å². The van der Waals surface area contributed by atoms with Crippen LogP contribution in [0, 0.1) is 5.92 Å². The number of carbonyl (C=O) groups excluding carboxylic acids is 1. The van der Waals surface area contributed by atoms with Crippen molar-refractivity contribution in [1.82, 2.24) is 14.8 Å². The standard InChI is InChI=1S/C17H22N4O2S/c1-2-23-19-16(22)14-9-6-10-21(12-14)17-18-15(20-24-17)11-13-7-4-3-5-8-13/h3-5,7-8,14H,2,6,9-12H2,1H3,(H,19,22). The summed E-state index contributed by atoms with van der Waals surface area (Å²) in [5.41, 5.74) is 3.72. The number of benzene rings is 1. The minimum atomic E-state index is -0.0632. The predicted octanol–water partition coefficient (Wildman–Crippen LogP) is 2.41. The van der Waals surface area contributed by atoms with Crippen molar-refractivity contribution in [2.45, 2.75) is 26.2 Å². The Balaban J connectivity index is 1.61. The number of rotatable bonds is 6. The molecular weight excluding hydrogens is 324 g/mol. The van der Waals surface area contributed by atoms with Crippen molar-refractivity contribution in [2.24, 2.45) is 5.92 Å². The molecule has 2 aromatic rings. The number of amides is 1. The number of hydroxylamine groups is 1. The Morgan fingerprint density at radius 1 is 1.42 bits per heavy atom. The van der Waals surface area contributed by atoms with E-state index in [9.17, 15) is 4.79 Å². The van der Waals surface area contributed by atoms with Crippen LogP contribution in [0.2, 0.25) is 0 Å². The highest BCUT2D eigenvalue weighted by atomic mass is 32.1. The van der Waals surface area contributed by atoms with Crippen molar-refractivity contribution < 1.29 is 9.63 Å². The van der Waals surface area contributed by atoms with Crippen LogP contribution in [-0.2, 0) is 16.1 Å². The van der Waals surface area contributed by atoms with Gasteiger partial charge in [0, 0.05) is 31.0 Å². The van der Waals surface area contributed by atoms with Crippen LogP contribution in [0.25, 0.3) is 0 Å². The average molecular weight is 346 g/mol. The fourth-order valence-electron chi connectivity index (χ4n) is 2.81. The predicted molar refractivity (Wildman–Crippen MR) is 93.9 cm³/mol. The maximum absolute atomic E-state index is 12.1. The number of piperidine rings is 1. The van der Waals surface area contributed by atoms with Gasteiger partial charge < -0.3 is 4.90 Å². The highest BCUT2D eigenvalue weighted by molar-refractivity contribution is 7.09. The molecule has 0 spiro atoms. The van der Waals surface area contributed by atoms with E-state index in [2.05, 4.69) is 31.9 Å². The number of nitrogens with one attached hydrogen (secondary N) is 1. The summed E-state index contributed by atoms with van der Waals surface area (Å²) < 4.78 is 4.47. The van der Waals surface area contributed by atoms with Crippen LogP contribution in [0.3, 0.4) is 0 Å². The van der Waals surface area contributed by atoms with Crippen LogP contribution in [0.5, 0.6) is 0 Å². The molecule has 1 unspecified atom stereocenters. The molecule has 0 aliphatic carbocycles. The lowest BCUT2D eigenvalue weighted by Gasteiger charge is -2.31. The molecule has 3 rings (SSSR count). The van der Waals surface area contributed by atoms with Gasteiger partial charge in [0.15, 0.2) is 0 Å². The molecule has 7 heteroatoms. The molecule has 0 radical (unpaired) electrons. The Labute approximate surface area is 146 Å². The van der Waals surface area contributed by atoms with Gasteiger partial charge >= 0.3 is 0 Å². The SMILES string of the molecule is CCONC(=O)C1CCCN(c2nc(Cc3ccccc3)ns2)C1. The van der Waals surface area contributed by atoms with Gasteiger partial charge in [-0.25, -0.2) is 10.5 Å². The quantitative estimate of drug-likeness (QED) is 0.814. The summed E-state index contributed by atoms with van der Waals surface area (Å²) in [5, 5.41) is 0.898. The first-order valence-electron chi connectivity index (χ1n) is 8.29. The largest absolute Gasteiger partial charge is 0.346 e. The lowest BCUT2D eigenvalue weighted by Crippen LogP contribution is -2.43. The topological polar surface area (TPSA) is 67.3 Å². The maximum Gasteiger partial charge on any atom is 0.248 e. The van der Waals surface area contributed by atoms with Gasteiger partial charge in [0.25, 0.3) is 0 Å². The normalized spacial score (nSPS) is 17.7. The van der Waals surface area contributed by atoms with Gasteiger partial charge in [-0.1, -0.05) is 30.3 Å². The molecule has 1 amide bonds.